The lowest BCUT2D eigenvalue weighted by atomic mass is 9.91. The van der Waals surface area contributed by atoms with Gasteiger partial charge in [-0.1, -0.05) is 66.8 Å². The molecule has 2 aromatic carbocycles. The Bertz CT molecular complexity index is 637. The van der Waals surface area contributed by atoms with Crippen LogP contribution in [0.1, 0.15) is 24.3 Å². The van der Waals surface area contributed by atoms with Crippen LogP contribution in [0.3, 0.4) is 0 Å². The van der Waals surface area contributed by atoms with E-state index in [0.717, 1.165) is 11.8 Å². The summed E-state index contributed by atoms with van der Waals surface area (Å²) in [5, 5.41) is 2.82. The molecule has 0 aliphatic heterocycles. The van der Waals surface area contributed by atoms with Crippen LogP contribution in [-0.4, -0.2) is 0 Å². The summed E-state index contributed by atoms with van der Waals surface area (Å²) in [5.74, 6) is 2.23. The largest absolute Gasteiger partial charge is 0.0808 e. The van der Waals surface area contributed by atoms with Gasteiger partial charge < -0.3 is 0 Å². The first-order valence-electron chi connectivity index (χ1n) is 7.24. The highest BCUT2D eigenvalue weighted by molar-refractivity contribution is 5.86. The van der Waals surface area contributed by atoms with E-state index in [0.29, 0.717) is 5.92 Å². The molecule has 0 radical (unpaired) electrons. The van der Waals surface area contributed by atoms with Crippen LogP contribution < -0.4 is 0 Å². The fourth-order valence-corrected chi connectivity index (χ4v) is 3.82. The van der Waals surface area contributed by atoms with Crippen molar-refractivity contribution in [1.82, 2.24) is 0 Å². The third-order valence-electron chi connectivity index (χ3n) is 4.75. The minimum absolute atomic E-state index is 0.716. The Balaban J connectivity index is 1.76. The molecule has 2 atom stereocenters. The Morgan fingerprint density at radius 3 is 2.21 bits per heavy atom. The van der Waals surface area contributed by atoms with Gasteiger partial charge >= 0.3 is 0 Å². The Morgan fingerprint density at radius 2 is 1.42 bits per heavy atom. The lowest BCUT2D eigenvalue weighted by Crippen LogP contribution is -2.03. The number of hydrogen-bond donors (Lipinski definition) is 0. The van der Waals surface area contributed by atoms with Gasteiger partial charge in [0.1, 0.15) is 0 Å². The van der Waals surface area contributed by atoms with Crippen LogP contribution in [0.5, 0.6) is 0 Å². The van der Waals surface area contributed by atoms with Gasteiger partial charge in [0.15, 0.2) is 0 Å². The second-order valence-electron chi connectivity index (χ2n) is 5.83. The number of benzene rings is 2. The lowest BCUT2D eigenvalue weighted by molar-refractivity contribution is 0.552. The number of hydrogen-bond acceptors (Lipinski definition) is 0. The first-order valence-corrected chi connectivity index (χ1v) is 7.24. The van der Waals surface area contributed by atoms with Crippen LogP contribution in [0.15, 0.2) is 66.8 Å². The molecular formula is C19H18. The maximum Gasteiger partial charge on any atom is -0.0144 e. The minimum atomic E-state index is 0.716. The third-order valence-corrected chi connectivity index (χ3v) is 4.75. The zero-order chi connectivity index (χ0) is 12.7. The highest BCUT2D eigenvalue weighted by Gasteiger charge is 2.33. The summed E-state index contributed by atoms with van der Waals surface area (Å²) >= 11 is 0. The predicted octanol–water partition coefficient (Wildman–Crippen LogP) is 5.08. The molecule has 19 heavy (non-hydrogen) atoms. The molecule has 0 amide bonds. The topological polar surface area (TPSA) is 0 Å². The second-order valence-corrected chi connectivity index (χ2v) is 5.83. The molecule has 0 saturated heterocycles. The molecule has 2 aliphatic carbocycles. The smallest absolute Gasteiger partial charge is 0.0144 e. The van der Waals surface area contributed by atoms with Gasteiger partial charge in [-0.3, -0.25) is 0 Å². The van der Waals surface area contributed by atoms with E-state index in [9.17, 15) is 0 Å². The molecule has 0 nitrogen and oxygen atoms in total. The van der Waals surface area contributed by atoms with Gasteiger partial charge in [-0.05, 0) is 46.9 Å². The monoisotopic (exact) mass is 246 g/mol. The molecule has 1 saturated carbocycles. The highest BCUT2D eigenvalue weighted by Crippen LogP contribution is 2.46. The van der Waals surface area contributed by atoms with E-state index in [1.807, 2.05) is 0 Å². The molecule has 94 valence electrons. The van der Waals surface area contributed by atoms with Crippen molar-refractivity contribution in [2.45, 2.75) is 18.8 Å². The molecule has 2 aliphatic rings. The van der Waals surface area contributed by atoms with E-state index < -0.39 is 0 Å². The van der Waals surface area contributed by atoms with Crippen molar-refractivity contribution < 1.29 is 0 Å². The van der Waals surface area contributed by atoms with E-state index >= 15 is 0 Å². The molecule has 4 rings (SSSR count). The summed E-state index contributed by atoms with van der Waals surface area (Å²) < 4.78 is 0. The van der Waals surface area contributed by atoms with Gasteiger partial charge in [0.05, 0.1) is 0 Å². The van der Waals surface area contributed by atoms with Crippen LogP contribution in [-0.2, 0) is 0 Å². The Hall–Kier alpha value is -1.82. The van der Waals surface area contributed by atoms with E-state index in [4.69, 9.17) is 0 Å². The van der Waals surface area contributed by atoms with E-state index in [-0.39, 0.29) is 0 Å². The predicted molar refractivity (Wildman–Crippen MR) is 81.2 cm³/mol. The second kappa shape index (κ2) is 4.38. The molecule has 0 spiro atoms. The summed E-state index contributed by atoms with van der Waals surface area (Å²) in [7, 11) is 0. The minimum Gasteiger partial charge on any atom is -0.0808 e. The molecule has 0 heterocycles. The van der Waals surface area contributed by atoms with Crippen molar-refractivity contribution in [3.05, 3.63) is 72.3 Å². The number of rotatable bonds is 1. The van der Waals surface area contributed by atoms with Crippen molar-refractivity contribution >= 4 is 10.8 Å². The molecule has 0 N–H and O–H groups in total. The maximum atomic E-state index is 2.40. The quantitative estimate of drug-likeness (QED) is 0.658. The van der Waals surface area contributed by atoms with Gasteiger partial charge in [-0.25, -0.2) is 0 Å². The lowest BCUT2D eigenvalue weighted by Gasteiger charge is -2.13. The first-order chi connectivity index (χ1) is 9.42. The molecule has 0 heteroatoms. The average Bonchev–Trinajstić information content (AvgIpc) is 2.90. The van der Waals surface area contributed by atoms with Crippen molar-refractivity contribution in [2.75, 3.05) is 0 Å². The van der Waals surface area contributed by atoms with Gasteiger partial charge in [0.2, 0.25) is 0 Å². The van der Waals surface area contributed by atoms with Crippen molar-refractivity contribution in [3.8, 4) is 0 Å². The molecular weight excluding hydrogens is 228 g/mol. The van der Waals surface area contributed by atoms with Gasteiger partial charge in [-0.2, -0.15) is 0 Å². The van der Waals surface area contributed by atoms with Crippen molar-refractivity contribution in [3.63, 3.8) is 0 Å². The van der Waals surface area contributed by atoms with E-state index in [1.54, 1.807) is 5.56 Å². The van der Waals surface area contributed by atoms with Crippen LogP contribution in [0.4, 0.5) is 0 Å². The molecule has 0 bridgehead atoms. The Kier molecular flexibility index (Phi) is 2.55. The van der Waals surface area contributed by atoms with Crippen LogP contribution >= 0.6 is 0 Å². The molecule has 0 aromatic heterocycles. The first kappa shape index (κ1) is 11.0. The molecule has 1 fully saturated rings. The van der Waals surface area contributed by atoms with E-state index in [1.165, 1.54) is 23.6 Å². The zero-order valence-electron chi connectivity index (χ0n) is 11.0. The SMILES string of the molecule is C1=CC2CC(c3cccc4ccccc34)CC2C=C1. The van der Waals surface area contributed by atoms with Gasteiger partial charge in [0.25, 0.3) is 0 Å². The van der Waals surface area contributed by atoms with Crippen LogP contribution in [0, 0.1) is 11.8 Å². The number of fused-ring (bicyclic) bond motifs is 2. The summed E-state index contributed by atoms with van der Waals surface area (Å²) in [6.45, 7) is 0. The normalized spacial score (nSPS) is 28.7. The van der Waals surface area contributed by atoms with Crippen LogP contribution in [0.25, 0.3) is 10.8 Å². The average molecular weight is 246 g/mol. The summed E-state index contributed by atoms with van der Waals surface area (Å²) in [5.41, 5.74) is 1.55. The Morgan fingerprint density at radius 1 is 0.737 bits per heavy atom. The molecule has 2 aromatic rings. The van der Waals surface area contributed by atoms with Gasteiger partial charge in [-0.15, -0.1) is 0 Å². The fraction of sp³-hybridized carbons (Fsp3) is 0.263. The zero-order valence-corrected chi connectivity index (χ0v) is 11.0. The summed E-state index contributed by atoms with van der Waals surface area (Å²) in [6, 6.07) is 15.6. The number of allylic oxidation sites excluding steroid dienone is 4. The van der Waals surface area contributed by atoms with Gasteiger partial charge in [0, 0.05) is 0 Å². The van der Waals surface area contributed by atoms with Crippen molar-refractivity contribution in [2.24, 2.45) is 11.8 Å². The fourth-order valence-electron chi connectivity index (χ4n) is 3.82. The Labute approximate surface area is 114 Å². The van der Waals surface area contributed by atoms with Crippen LogP contribution in [0.2, 0.25) is 0 Å². The third kappa shape index (κ3) is 1.83. The molecule has 2 unspecified atom stereocenters. The summed E-state index contributed by atoms with van der Waals surface area (Å²) in [6.07, 6.45) is 11.8. The van der Waals surface area contributed by atoms with E-state index in [2.05, 4.69) is 66.8 Å². The van der Waals surface area contributed by atoms with Crippen molar-refractivity contribution in [1.29, 1.82) is 0 Å². The summed E-state index contributed by atoms with van der Waals surface area (Å²) in [4.78, 5) is 0. The standard InChI is InChI=1S/C19H18/c1-2-8-16-13-17(12-15(16)7-1)19-11-5-9-14-6-3-4-10-18(14)19/h1-11,15-17H,12-13H2. The maximum absolute atomic E-state index is 2.40. The highest BCUT2D eigenvalue weighted by atomic mass is 14.4.